The van der Waals surface area contributed by atoms with Gasteiger partial charge in [-0.15, -0.1) is 36.6 Å². The Morgan fingerprint density at radius 2 is 1.72 bits per heavy atom. The van der Waals surface area contributed by atoms with Crippen LogP contribution in [0.15, 0.2) is 29.2 Å². The third-order valence-electron chi connectivity index (χ3n) is 4.92. The van der Waals surface area contributed by atoms with Gasteiger partial charge in [-0.1, -0.05) is 38.5 Å². The Labute approximate surface area is 169 Å². The average molecular weight is 401 g/mol. The SMILES string of the molecule is CCN(CC)CCSc1c2c(nc3ccccc13)CCCCC2.Cl.Cl. The second kappa shape index (κ2) is 11.3. The summed E-state index contributed by atoms with van der Waals surface area (Å²) in [6.45, 7) is 7.96. The van der Waals surface area contributed by atoms with E-state index in [0.717, 1.165) is 19.5 Å². The van der Waals surface area contributed by atoms with E-state index in [-0.39, 0.29) is 24.8 Å². The van der Waals surface area contributed by atoms with Crippen LogP contribution in [0.25, 0.3) is 10.9 Å². The minimum Gasteiger partial charge on any atom is -0.303 e. The smallest absolute Gasteiger partial charge is 0.0716 e. The van der Waals surface area contributed by atoms with E-state index in [4.69, 9.17) is 4.98 Å². The van der Waals surface area contributed by atoms with E-state index in [1.54, 1.807) is 5.56 Å². The molecule has 1 aliphatic rings. The van der Waals surface area contributed by atoms with Gasteiger partial charge in [-0.2, -0.15) is 0 Å². The molecule has 2 nitrogen and oxygen atoms in total. The van der Waals surface area contributed by atoms with Gasteiger partial charge in [0.25, 0.3) is 0 Å². The molecule has 0 spiro atoms. The van der Waals surface area contributed by atoms with Crippen LogP contribution >= 0.6 is 36.6 Å². The summed E-state index contributed by atoms with van der Waals surface area (Å²) < 4.78 is 0. The van der Waals surface area contributed by atoms with E-state index in [9.17, 15) is 0 Å². The highest BCUT2D eigenvalue weighted by molar-refractivity contribution is 7.99. The molecule has 1 aromatic heterocycles. The average Bonchev–Trinajstić information content (AvgIpc) is 2.83. The summed E-state index contributed by atoms with van der Waals surface area (Å²) in [6.07, 6.45) is 6.32. The molecule has 5 heteroatoms. The number of nitrogens with zero attached hydrogens (tertiary/aromatic N) is 2. The zero-order chi connectivity index (χ0) is 16.1. The number of para-hydroxylation sites is 1. The Morgan fingerprint density at radius 3 is 2.48 bits per heavy atom. The summed E-state index contributed by atoms with van der Waals surface area (Å²) in [5.41, 5.74) is 4.09. The van der Waals surface area contributed by atoms with Crippen LogP contribution in [-0.4, -0.2) is 35.3 Å². The topological polar surface area (TPSA) is 16.1 Å². The Balaban J connectivity index is 0.00000156. The maximum atomic E-state index is 4.99. The first-order chi connectivity index (χ1) is 11.3. The zero-order valence-corrected chi connectivity index (χ0v) is 17.7. The number of aryl methyl sites for hydroxylation is 1. The molecule has 2 aromatic rings. The van der Waals surface area contributed by atoms with Crippen molar-refractivity contribution in [2.24, 2.45) is 0 Å². The van der Waals surface area contributed by atoms with Gasteiger partial charge in [-0.25, -0.2) is 0 Å². The van der Waals surface area contributed by atoms with Gasteiger partial charge in [-0.3, -0.25) is 4.98 Å². The predicted molar refractivity (Wildman–Crippen MR) is 116 cm³/mol. The number of aromatic nitrogens is 1. The molecule has 0 saturated heterocycles. The number of halogens is 2. The molecule has 0 atom stereocenters. The third-order valence-corrected chi connectivity index (χ3v) is 6.06. The van der Waals surface area contributed by atoms with Gasteiger partial charge in [-0.05, 0) is 50.4 Å². The Bertz CT molecular complexity index is 659. The fourth-order valence-electron chi connectivity index (χ4n) is 3.49. The lowest BCUT2D eigenvalue weighted by Gasteiger charge is -2.19. The standard InChI is InChI=1S/C20H28N2S.2ClH/c1-3-22(4-2)14-15-23-20-16-10-6-5-7-12-18(16)21-19-13-9-8-11-17(19)20;;/h8-9,11,13H,3-7,10,12,14-15H2,1-2H3;2*1H. The predicted octanol–water partition coefficient (Wildman–Crippen LogP) is 5.78. The number of fused-ring (bicyclic) bond motifs is 2. The van der Waals surface area contributed by atoms with E-state index in [1.807, 2.05) is 0 Å². The summed E-state index contributed by atoms with van der Waals surface area (Å²) in [5, 5.41) is 1.36. The van der Waals surface area contributed by atoms with Crippen molar-refractivity contribution >= 4 is 47.5 Å². The van der Waals surface area contributed by atoms with Crippen molar-refractivity contribution in [2.75, 3.05) is 25.4 Å². The third kappa shape index (κ3) is 5.50. The van der Waals surface area contributed by atoms with Crippen molar-refractivity contribution in [3.63, 3.8) is 0 Å². The fourth-order valence-corrected chi connectivity index (χ4v) is 4.76. The zero-order valence-electron chi connectivity index (χ0n) is 15.3. The number of rotatable bonds is 6. The first-order valence-corrected chi connectivity index (χ1v) is 10.1. The van der Waals surface area contributed by atoms with Gasteiger partial charge in [0.05, 0.1) is 5.52 Å². The molecule has 0 amide bonds. The largest absolute Gasteiger partial charge is 0.303 e. The highest BCUT2D eigenvalue weighted by Crippen LogP contribution is 2.35. The van der Waals surface area contributed by atoms with E-state index in [0.29, 0.717) is 0 Å². The second-order valence-corrected chi connectivity index (χ2v) is 7.42. The first-order valence-electron chi connectivity index (χ1n) is 9.09. The van der Waals surface area contributed by atoms with Crippen molar-refractivity contribution < 1.29 is 0 Å². The molecule has 0 N–H and O–H groups in total. The summed E-state index contributed by atoms with van der Waals surface area (Å²) >= 11 is 2.05. The molecular formula is C20H30Cl2N2S. The van der Waals surface area contributed by atoms with Crippen LogP contribution in [0.3, 0.4) is 0 Å². The van der Waals surface area contributed by atoms with Gasteiger partial charge < -0.3 is 4.90 Å². The molecular weight excluding hydrogens is 371 g/mol. The van der Waals surface area contributed by atoms with Crippen molar-refractivity contribution in [1.82, 2.24) is 9.88 Å². The van der Waals surface area contributed by atoms with Crippen LogP contribution in [0.1, 0.15) is 44.4 Å². The van der Waals surface area contributed by atoms with E-state index in [2.05, 4.69) is 54.8 Å². The van der Waals surface area contributed by atoms with Crippen LogP contribution in [0, 0.1) is 0 Å². The summed E-state index contributed by atoms with van der Waals surface area (Å²) in [5.74, 6) is 1.17. The highest BCUT2D eigenvalue weighted by atomic mass is 35.5. The number of hydrogen-bond donors (Lipinski definition) is 0. The highest BCUT2D eigenvalue weighted by Gasteiger charge is 2.17. The maximum Gasteiger partial charge on any atom is 0.0716 e. The fraction of sp³-hybridized carbons (Fsp3) is 0.550. The number of pyridine rings is 1. The molecule has 0 bridgehead atoms. The monoisotopic (exact) mass is 400 g/mol. The van der Waals surface area contributed by atoms with Crippen molar-refractivity contribution in [3.05, 3.63) is 35.5 Å². The van der Waals surface area contributed by atoms with Crippen LogP contribution in [0.2, 0.25) is 0 Å². The number of benzene rings is 1. The molecule has 0 radical (unpaired) electrons. The minimum absolute atomic E-state index is 0. The summed E-state index contributed by atoms with van der Waals surface area (Å²) in [6, 6.07) is 8.70. The van der Waals surface area contributed by atoms with Gasteiger partial charge in [0.2, 0.25) is 0 Å². The van der Waals surface area contributed by atoms with Gasteiger partial charge >= 0.3 is 0 Å². The molecule has 0 saturated carbocycles. The lowest BCUT2D eigenvalue weighted by Crippen LogP contribution is -2.25. The molecule has 1 aromatic carbocycles. The maximum absolute atomic E-state index is 4.99. The molecule has 140 valence electrons. The van der Waals surface area contributed by atoms with Crippen LogP contribution in [-0.2, 0) is 12.8 Å². The molecule has 1 heterocycles. The normalized spacial score (nSPS) is 13.7. The Hall–Kier alpha value is -0.480. The van der Waals surface area contributed by atoms with Crippen molar-refractivity contribution in [1.29, 1.82) is 0 Å². The quantitative estimate of drug-likeness (QED) is 0.451. The van der Waals surface area contributed by atoms with Crippen molar-refractivity contribution in [2.45, 2.75) is 50.8 Å². The molecule has 0 fully saturated rings. The summed E-state index contributed by atoms with van der Waals surface area (Å²) in [4.78, 5) is 9.01. The number of thioether (sulfide) groups is 1. The molecule has 0 aliphatic heterocycles. The number of hydrogen-bond acceptors (Lipinski definition) is 3. The van der Waals surface area contributed by atoms with Gasteiger partial charge in [0.1, 0.15) is 0 Å². The van der Waals surface area contributed by atoms with Crippen molar-refractivity contribution in [3.8, 4) is 0 Å². The second-order valence-electron chi connectivity index (χ2n) is 6.32. The van der Waals surface area contributed by atoms with Crippen LogP contribution in [0.4, 0.5) is 0 Å². The molecule has 3 rings (SSSR count). The van der Waals surface area contributed by atoms with E-state index >= 15 is 0 Å². The lowest BCUT2D eigenvalue weighted by atomic mass is 10.1. The molecule has 1 aliphatic carbocycles. The van der Waals surface area contributed by atoms with E-state index < -0.39 is 0 Å². The minimum atomic E-state index is 0. The first kappa shape index (κ1) is 22.6. The molecule has 0 unspecified atom stereocenters. The van der Waals surface area contributed by atoms with Crippen LogP contribution in [0.5, 0.6) is 0 Å². The Morgan fingerprint density at radius 1 is 1.00 bits per heavy atom. The van der Waals surface area contributed by atoms with Gasteiger partial charge in [0, 0.05) is 28.3 Å². The van der Waals surface area contributed by atoms with E-state index in [1.165, 1.54) is 59.5 Å². The Kier molecular flexibility index (Phi) is 10.2. The van der Waals surface area contributed by atoms with Gasteiger partial charge in [0.15, 0.2) is 0 Å². The lowest BCUT2D eigenvalue weighted by molar-refractivity contribution is 0.324. The summed E-state index contributed by atoms with van der Waals surface area (Å²) in [7, 11) is 0. The molecule has 25 heavy (non-hydrogen) atoms. The van der Waals surface area contributed by atoms with Crippen LogP contribution < -0.4 is 0 Å².